The molecule has 4 rings (SSSR count). The average Bonchev–Trinajstić information content (AvgIpc) is 2.83. The summed E-state index contributed by atoms with van der Waals surface area (Å²) >= 11 is 0. The number of hydrogen-bond donors (Lipinski definition) is 1. The largest absolute Gasteiger partial charge is 0.356 e. The normalized spacial score (nSPS) is 15.3. The Bertz CT molecular complexity index is 962. The summed E-state index contributed by atoms with van der Waals surface area (Å²) in [5.41, 5.74) is 7.90. The van der Waals surface area contributed by atoms with Crippen molar-refractivity contribution < 1.29 is 0 Å². The molecule has 3 aromatic rings. The molecule has 1 nitrogen and oxygen atoms in total. The van der Waals surface area contributed by atoms with E-state index in [0.29, 0.717) is 0 Å². The van der Waals surface area contributed by atoms with E-state index in [-0.39, 0.29) is 5.41 Å². The average molecular weight is 362 g/mol. The number of fused-ring (bicyclic) bond motifs is 3. The van der Waals surface area contributed by atoms with E-state index < -0.39 is 10.0 Å². The SMILES string of the molecule is CC1(C)c2ccccc2-c2ccc(Nc3ccc(S(C)(C)C)cc3)cc21. The minimum absolute atomic E-state index is 0.0447. The molecule has 0 saturated heterocycles. The van der Waals surface area contributed by atoms with Gasteiger partial charge in [0.15, 0.2) is 0 Å². The molecule has 0 saturated carbocycles. The summed E-state index contributed by atoms with van der Waals surface area (Å²) in [5, 5.41) is 3.59. The third-order valence-corrected chi connectivity index (χ3v) is 7.12. The van der Waals surface area contributed by atoms with E-state index in [0.717, 1.165) is 11.4 Å². The van der Waals surface area contributed by atoms with E-state index >= 15 is 0 Å². The van der Waals surface area contributed by atoms with Gasteiger partial charge >= 0.3 is 0 Å². The Morgan fingerprint density at radius 3 is 2.00 bits per heavy atom. The van der Waals surface area contributed by atoms with Gasteiger partial charge in [-0.25, -0.2) is 10.0 Å². The number of anilines is 2. The van der Waals surface area contributed by atoms with Crippen LogP contribution in [0.4, 0.5) is 11.4 Å². The first-order valence-corrected chi connectivity index (χ1v) is 11.9. The van der Waals surface area contributed by atoms with Gasteiger partial charge in [-0.2, -0.15) is 0 Å². The van der Waals surface area contributed by atoms with Crippen molar-refractivity contribution >= 4 is 21.4 Å². The van der Waals surface area contributed by atoms with Crippen LogP contribution < -0.4 is 5.32 Å². The van der Waals surface area contributed by atoms with E-state index in [9.17, 15) is 0 Å². The molecule has 0 atom stereocenters. The van der Waals surface area contributed by atoms with Crippen LogP contribution in [0, 0.1) is 0 Å². The lowest BCUT2D eigenvalue weighted by atomic mass is 9.82. The highest BCUT2D eigenvalue weighted by Gasteiger charge is 2.35. The second kappa shape index (κ2) is 5.92. The van der Waals surface area contributed by atoms with Crippen LogP contribution in [0.25, 0.3) is 11.1 Å². The molecule has 0 radical (unpaired) electrons. The molecular formula is C24H27NS. The topological polar surface area (TPSA) is 12.0 Å². The lowest BCUT2D eigenvalue weighted by molar-refractivity contribution is 0.660. The van der Waals surface area contributed by atoms with Crippen molar-refractivity contribution in [2.75, 3.05) is 24.1 Å². The van der Waals surface area contributed by atoms with E-state index in [1.165, 1.54) is 27.1 Å². The molecule has 0 heterocycles. The standard InChI is InChI=1S/C24H27NS/c1-24(2)22-9-7-6-8-20(22)21-15-12-18(16-23(21)24)25-17-10-13-19(14-11-17)26(3,4)5/h6-16,25H,1-5H3. The summed E-state index contributed by atoms with van der Waals surface area (Å²) in [6.07, 6.45) is 6.99. The zero-order valence-electron chi connectivity index (χ0n) is 16.3. The van der Waals surface area contributed by atoms with Gasteiger partial charge in [0.2, 0.25) is 0 Å². The quantitative estimate of drug-likeness (QED) is 0.541. The second-order valence-electron chi connectivity index (χ2n) is 8.42. The van der Waals surface area contributed by atoms with Crippen LogP contribution in [0.1, 0.15) is 25.0 Å². The van der Waals surface area contributed by atoms with Gasteiger partial charge < -0.3 is 5.32 Å². The first-order valence-electron chi connectivity index (χ1n) is 9.07. The van der Waals surface area contributed by atoms with E-state index in [1.807, 2.05) is 0 Å². The van der Waals surface area contributed by atoms with Crippen LogP contribution in [0.15, 0.2) is 71.6 Å². The highest BCUT2D eigenvalue weighted by molar-refractivity contribution is 8.32. The first kappa shape index (κ1) is 17.2. The maximum absolute atomic E-state index is 3.59. The van der Waals surface area contributed by atoms with E-state index in [4.69, 9.17) is 0 Å². The molecule has 2 heteroatoms. The maximum Gasteiger partial charge on any atom is 0.0387 e. The molecule has 3 aromatic carbocycles. The van der Waals surface area contributed by atoms with Crippen molar-refractivity contribution in [3.63, 3.8) is 0 Å². The summed E-state index contributed by atoms with van der Waals surface area (Å²) in [4.78, 5) is 1.44. The Hall–Kier alpha value is -2.19. The molecule has 0 fully saturated rings. The van der Waals surface area contributed by atoms with Crippen molar-refractivity contribution in [2.45, 2.75) is 24.2 Å². The summed E-state index contributed by atoms with van der Waals surface area (Å²) in [7, 11) is -0.674. The van der Waals surface area contributed by atoms with Gasteiger partial charge in [-0.1, -0.05) is 44.2 Å². The van der Waals surface area contributed by atoms with Crippen molar-refractivity contribution in [2.24, 2.45) is 0 Å². The molecule has 0 aliphatic heterocycles. The Morgan fingerprint density at radius 1 is 0.692 bits per heavy atom. The van der Waals surface area contributed by atoms with Crippen molar-refractivity contribution in [3.8, 4) is 11.1 Å². The van der Waals surface area contributed by atoms with Crippen LogP contribution in [0.3, 0.4) is 0 Å². The lowest BCUT2D eigenvalue weighted by Gasteiger charge is -2.26. The second-order valence-corrected chi connectivity index (χ2v) is 12.6. The summed E-state index contributed by atoms with van der Waals surface area (Å²) < 4.78 is 0. The van der Waals surface area contributed by atoms with Crippen LogP contribution in [-0.4, -0.2) is 18.8 Å². The number of hydrogen-bond acceptors (Lipinski definition) is 1. The molecule has 0 unspecified atom stereocenters. The monoisotopic (exact) mass is 361 g/mol. The molecule has 0 amide bonds. The fraction of sp³-hybridized carbons (Fsp3) is 0.250. The molecule has 1 aliphatic carbocycles. The summed E-state index contributed by atoms with van der Waals surface area (Å²) in [6, 6.07) is 24.5. The predicted octanol–water partition coefficient (Wildman–Crippen LogP) is 6.79. The van der Waals surface area contributed by atoms with Crippen molar-refractivity contribution in [1.82, 2.24) is 0 Å². The lowest BCUT2D eigenvalue weighted by Crippen LogP contribution is -2.15. The Balaban J connectivity index is 1.66. The minimum Gasteiger partial charge on any atom is -0.356 e. The van der Waals surface area contributed by atoms with Crippen LogP contribution in [0.2, 0.25) is 0 Å². The van der Waals surface area contributed by atoms with E-state index in [1.54, 1.807) is 0 Å². The van der Waals surface area contributed by atoms with Gasteiger partial charge in [-0.05, 0) is 82.3 Å². The number of rotatable bonds is 3. The molecule has 1 N–H and O–H groups in total. The molecule has 0 bridgehead atoms. The van der Waals surface area contributed by atoms with Crippen LogP contribution in [0.5, 0.6) is 0 Å². The van der Waals surface area contributed by atoms with Crippen molar-refractivity contribution in [1.29, 1.82) is 0 Å². The fourth-order valence-corrected chi connectivity index (χ4v) is 4.85. The summed E-state index contributed by atoms with van der Waals surface area (Å²) in [6.45, 7) is 4.64. The fourth-order valence-electron chi connectivity index (χ4n) is 3.90. The van der Waals surface area contributed by atoms with Gasteiger partial charge in [0, 0.05) is 16.8 Å². The van der Waals surface area contributed by atoms with Crippen LogP contribution >= 0.6 is 10.0 Å². The Morgan fingerprint density at radius 2 is 1.31 bits per heavy atom. The Labute approximate surface area is 158 Å². The van der Waals surface area contributed by atoms with Gasteiger partial charge in [-0.15, -0.1) is 0 Å². The zero-order chi connectivity index (χ0) is 18.5. The molecule has 26 heavy (non-hydrogen) atoms. The minimum atomic E-state index is -0.674. The third-order valence-electron chi connectivity index (χ3n) is 5.43. The Kier molecular flexibility index (Phi) is 3.92. The number of nitrogens with one attached hydrogen (secondary N) is 1. The first-order chi connectivity index (χ1) is 12.3. The predicted molar refractivity (Wildman–Crippen MR) is 117 cm³/mol. The van der Waals surface area contributed by atoms with Gasteiger partial charge in [0.25, 0.3) is 0 Å². The van der Waals surface area contributed by atoms with Crippen molar-refractivity contribution in [3.05, 3.63) is 77.9 Å². The maximum atomic E-state index is 3.59. The highest BCUT2D eigenvalue weighted by atomic mass is 32.3. The molecule has 134 valence electrons. The zero-order valence-corrected chi connectivity index (χ0v) is 17.1. The van der Waals surface area contributed by atoms with Gasteiger partial charge in [0.1, 0.15) is 0 Å². The molecule has 1 aliphatic rings. The smallest absolute Gasteiger partial charge is 0.0387 e. The third kappa shape index (κ3) is 2.83. The highest BCUT2D eigenvalue weighted by Crippen LogP contribution is 2.49. The van der Waals surface area contributed by atoms with Gasteiger partial charge in [-0.3, -0.25) is 0 Å². The molecule has 0 spiro atoms. The molecule has 0 aromatic heterocycles. The number of benzene rings is 3. The molecular weight excluding hydrogens is 334 g/mol. The summed E-state index contributed by atoms with van der Waals surface area (Å²) in [5.74, 6) is 0. The van der Waals surface area contributed by atoms with Crippen LogP contribution in [-0.2, 0) is 5.41 Å². The van der Waals surface area contributed by atoms with E-state index in [2.05, 4.69) is 105 Å². The van der Waals surface area contributed by atoms with Gasteiger partial charge in [0.05, 0.1) is 0 Å².